The zero-order valence-electron chi connectivity index (χ0n) is 11.2. The third-order valence-corrected chi connectivity index (χ3v) is 3.32. The van der Waals surface area contributed by atoms with Crippen molar-refractivity contribution in [2.75, 3.05) is 0 Å². The first-order chi connectivity index (χ1) is 8.92. The highest BCUT2D eigenvalue weighted by atomic mass is 14.0. The molecule has 2 rings (SSSR count). The molecular formula is C18H22. The van der Waals surface area contributed by atoms with Crippen molar-refractivity contribution in [3.8, 4) is 0 Å². The Labute approximate surface area is 110 Å². The van der Waals surface area contributed by atoms with Gasteiger partial charge in [0.05, 0.1) is 0 Å². The molecule has 0 saturated heterocycles. The van der Waals surface area contributed by atoms with E-state index in [0.717, 1.165) is 0 Å². The molecule has 0 bridgehead atoms. The van der Waals surface area contributed by atoms with Gasteiger partial charge in [-0.1, -0.05) is 68.0 Å². The van der Waals surface area contributed by atoms with Gasteiger partial charge in [-0.15, -0.1) is 0 Å². The summed E-state index contributed by atoms with van der Waals surface area (Å²) >= 11 is 0. The van der Waals surface area contributed by atoms with E-state index in [0.29, 0.717) is 0 Å². The fourth-order valence-corrected chi connectivity index (χ4v) is 2.32. The van der Waals surface area contributed by atoms with Crippen molar-refractivity contribution < 1.29 is 0 Å². The number of hydrogen-bond acceptors (Lipinski definition) is 0. The molecule has 0 heterocycles. The van der Waals surface area contributed by atoms with Crippen LogP contribution in [-0.2, 0) is 6.42 Å². The van der Waals surface area contributed by atoms with Crippen LogP contribution in [0.4, 0.5) is 0 Å². The van der Waals surface area contributed by atoms with Crippen molar-refractivity contribution in [2.45, 2.75) is 39.0 Å². The molecular weight excluding hydrogens is 216 g/mol. The number of aryl methyl sites for hydroxylation is 1. The van der Waals surface area contributed by atoms with Crippen molar-refractivity contribution in [1.29, 1.82) is 0 Å². The summed E-state index contributed by atoms with van der Waals surface area (Å²) in [5.74, 6) is 0. The van der Waals surface area contributed by atoms with Gasteiger partial charge < -0.3 is 0 Å². The summed E-state index contributed by atoms with van der Waals surface area (Å²) < 4.78 is 0. The molecule has 18 heavy (non-hydrogen) atoms. The fraction of sp³-hybridized carbons (Fsp3) is 0.333. The van der Waals surface area contributed by atoms with Gasteiger partial charge >= 0.3 is 0 Å². The molecule has 0 fully saturated rings. The summed E-state index contributed by atoms with van der Waals surface area (Å²) in [4.78, 5) is 0. The molecule has 2 aromatic rings. The van der Waals surface area contributed by atoms with E-state index < -0.39 is 0 Å². The molecule has 0 aliphatic rings. The summed E-state index contributed by atoms with van der Waals surface area (Å²) in [6.07, 6.45) is 10.7. The maximum atomic E-state index is 2.33. The average molecular weight is 238 g/mol. The lowest BCUT2D eigenvalue weighted by atomic mass is 10.0. The molecule has 94 valence electrons. The normalized spacial score (nSPS) is 11.4. The van der Waals surface area contributed by atoms with Gasteiger partial charge in [0.1, 0.15) is 0 Å². The first-order valence-corrected chi connectivity index (χ1v) is 7.03. The van der Waals surface area contributed by atoms with E-state index in [2.05, 4.69) is 61.5 Å². The lowest BCUT2D eigenvalue weighted by Gasteiger charge is -2.05. The van der Waals surface area contributed by atoms with Crippen LogP contribution in [-0.4, -0.2) is 0 Å². The predicted octanol–water partition coefficient (Wildman–Crippen LogP) is 5.52. The molecule has 0 nitrogen and oxygen atoms in total. The second kappa shape index (κ2) is 7.00. The SMILES string of the molecule is CCC/C=C/CCCc1cccc2ccccc12. The molecule has 0 atom stereocenters. The first kappa shape index (κ1) is 12.9. The monoisotopic (exact) mass is 238 g/mol. The van der Waals surface area contributed by atoms with E-state index in [9.17, 15) is 0 Å². The second-order valence-corrected chi connectivity index (χ2v) is 4.79. The van der Waals surface area contributed by atoms with E-state index >= 15 is 0 Å². The molecule has 0 heteroatoms. The first-order valence-electron chi connectivity index (χ1n) is 7.03. The Morgan fingerprint density at radius 2 is 1.67 bits per heavy atom. The Bertz CT molecular complexity index is 503. The Kier molecular flexibility index (Phi) is 5.01. The van der Waals surface area contributed by atoms with Crippen LogP contribution < -0.4 is 0 Å². The van der Waals surface area contributed by atoms with E-state index in [1.165, 1.54) is 48.4 Å². The third-order valence-electron chi connectivity index (χ3n) is 3.32. The number of hydrogen-bond donors (Lipinski definition) is 0. The Balaban J connectivity index is 1.95. The minimum absolute atomic E-state index is 1.18. The highest BCUT2D eigenvalue weighted by Gasteiger charge is 1.98. The van der Waals surface area contributed by atoms with Gasteiger partial charge in [0.2, 0.25) is 0 Å². The van der Waals surface area contributed by atoms with Crippen LogP contribution in [0.5, 0.6) is 0 Å². The van der Waals surface area contributed by atoms with E-state index in [1.54, 1.807) is 0 Å². The average Bonchev–Trinajstić information content (AvgIpc) is 2.43. The van der Waals surface area contributed by atoms with Crippen molar-refractivity contribution in [1.82, 2.24) is 0 Å². The molecule has 0 aliphatic carbocycles. The summed E-state index contributed by atoms with van der Waals surface area (Å²) in [6.45, 7) is 2.22. The lowest BCUT2D eigenvalue weighted by molar-refractivity contribution is 0.841. The molecule has 0 amide bonds. The molecule has 0 unspecified atom stereocenters. The molecule has 0 saturated carbocycles. The van der Waals surface area contributed by atoms with E-state index in [1.807, 2.05) is 0 Å². The molecule has 0 aliphatic heterocycles. The van der Waals surface area contributed by atoms with Crippen LogP contribution in [0.3, 0.4) is 0 Å². The Hall–Kier alpha value is -1.56. The van der Waals surface area contributed by atoms with Gasteiger partial charge in [-0.25, -0.2) is 0 Å². The van der Waals surface area contributed by atoms with Crippen LogP contribution in [0.2, 0.25) is 0 Å². The number of fused-ring (bicyclic) bond motifs is 1. The summed E-state index contributed by atoms with van der Waals surface area (Å²) in [7, 11) is 0. The summed E-state index contributed by atoms with van der Waals surface area (Å²) in [6, 6.07) is 15.3. The van der Waals surface area contributed by atoms with Crippen molar-refractivity contribution >= 4 is 10.8 Å². The van der Waals surface area contributed by atoms with Crippen LogP contribution in [0, 0.1) is 0 Å². The molecule has 2 aromatic carbocycles. The Morgan fingerprint density at radius 1 is 0.889 bits per heavy atom. The van der Waals surface area contributed by atoms with Gasteiger partial charge in [0.25, 0.3) is 0 Å². The number of benzene rings is 2. The topological polar surface area (TPSA) is 0 Å². The van der Waals surface area contributed by atoms with Crippen molar-refractivity contribution in [2.24, 2.45) is 0 Å². The zero-order chi connectivity index (χ0) is 12.6. The number of allylic oxidation sites excluding steroid dienone is 2. The number of rotatable bonds is 6. The molecule has 0 spiro atoms. The van der Waals surface area contributed by atoms with Gasteiger partial charge in [-0.3, -0.25) is 0 Å². The summed E-state index contributed by atoms with van der Waals surface area (Å²) in [5, 5.41) is 2.77. The Morgan fingerprint density at radius 3 is 2.56 bits per heavy atom. The maximum Gasteiger partial charge on any atom is -0.0152 e. The van der Waals surface area contributed by atoms with Gasteiger partial charge in [0.15, 0.2) is 0 Å². The van der Waals surface area contributed by atoms with E-state index in [4.69, 9.17) is 0 Å². The molecule has 0 N–H and O–H groups in total. The summed E-state index contributed by atoms with van der Waals surface area (Å²) in [5.41, 5.74) is 1.48. The van der Waals surface area contributed by atoms with Crippen molar-refractivity contribution in [3.05, 3.63) is 60.2 Å². The van der Waals surface area contributed by atoms with Crippen molar-refractivity contribution in [3.63, 3.8) is 0 Å². The van der Waals surface area contributed by atoms with Crippen LogP contribution in [0.1, 0.15) is 38.2 Å². The largest absolute Gasteiger partial charge is 0.0885 e. The van der Waals surface area contributed by atoms with Crippen LogP contribution in [0.25, 0.3) is 10.8 Å². The predicted molar refractivity (Wildman–Crippen MR) is 80.9 cm³/mol. The second-order valence-electron chi connectivity index (χ2n) is 4.79. The minimum atomic E-state index is 1.18. The van der Waals surface area contributed by atoms with Gasteiger partial charge in [-0.05, 0) is 42.0 Å². The van der Waals surface area contributed by atoms with E-state index in [-0.39, 0.29) is 0 Å². The molecule has 0 aromatic heterocycles. The lowest BCUT2D eigenvalue weighted by Crippen LogP contribution is -1.86. The van der Waals surface area contributed by atoms with Crippen LogP contribution in [0.15, 0.2) is 54.6 Å². The third kappa shape index (κ3) is 3.46. The van der Waals surface area contributed by atoms with Crippen LogP contribution >= 0.6 is 0 Å². The molecule has 0 radical (unpaired) electrons. The standard InChI is InChI=1S/C18H22/c1-2-3-4-5-6-7-11-16-13-10-14-17-12-8-9-15-18(16)17/h4-5,8-10,12-15H,2-3,6-7,11H2,1H3/b5-4+. The highest BCUT2D eigenvalue weighted by molar-refractivity contribution is 5.85. The minimum Gasteiger partial charge on any atom is -0.0885 e. The smallest absolute Gasteiger partial charge is 0.0152 e. The van der Waals surface area contributed by atoms with Gasteiger partial charge in [-0.2, -0.15) is 0 Å². The quantitative estimate of drug-likeness (QED) is 0.459. The maximum absolute atomic E-state index is 2.33. The van der Waals surface area contributed by atoms with Gasteiger partial charge in [0, 0.05) is 0 Å². The zero-order valence-corrected chi connectivity index (χ0v) is 11.2. The highest BCUT2D eigenvalue weighted by Crippen LogP contribution is 2.20. The fourth-order valence-electron chi connectivity index (χ4n) is 2.32. The number of unbranched alkanes of at least 4 members (excludes halogenated alkanes) is 2.